The minimum atomic E-state index is -1.47. The van der Waals surface area contributed by atoms with Crippen LogP contribution in [0.15, 0.2) is 59.5 Å². The molecule has 0 aliphatic rings. The minimum Gasteiger partial charge on any atom is -0.469 e. The van der Waals surface area contributed by atoms with Crippen LogP contribution in [0.5, 0.6) is 0 Å². The molecule has 0 aliphatic carbocycles. The Morgan fingerprint density at radius 2 is 1.72 bits per heavy atom. The molecule has 0 heterocycles. The number of rotatable bonds is 8. The molecule has 0 aliphatic heterocycles. The van der Waals surface area contributed by atoms with Gasteiger partial charge in [-0.2, -0.15) is 0 Å². The molecule has 0 spiro atoms. The first-order valence-electron chi connectivity index (χ1n) is 7.87. The first-order valence-corrected chi connectivity index (χ1v) is 9.02. The maximum atomic E-state index is 12.6. The largest absolute Gasteiger partial charge is 0.469 e. The van der Waals surface area contributed by atoms with E-state index in [1.165, 1.54) is 7.11 Å². The van der Waals surface area contributed by atoms with Crippen LogP contribution in [-0.2, 0) is 25.3 Å². The minimum absolute atomic E-state index is 0.0523. The predicted molar refractivity (Wildman–Crippen MR) is 96.2 cm³/mol. The Morgan fingerprint density at radius 3 is 2.32 bits per heavy atom. The van der Waals surface area contributed by atoms with Gasteiger partial charge in [-0.25, -0.2) is 8.93 Å². The number of esters is 1. The average molecular weight is 359 g/mol. The van der Waals surface area contributed by atoms with Gasteiger partial charge in [-0.3, -0.25) is 9.59 Å². The number of methoxy groups -OCH3 is 1. The monoisotopic (exact) mass is 359 g/mol. The summed E-state index contributed by atoms with van der Waals surface area (Å²) in [4.78, 5) is 24.0. The van der Waals surface area contributed by atoms with E-state index in [0.29, 0.717) is 4.90 Å². The molecule has 2 atom stereocenters. The van der Waals surface area contributed by atoms with E-state index in [2.05, 4.69) is 9.46 Å². The Morgan fingerprint density at radius 1 is 1.08 bits per heavy atom. The van der Waals surface area contributed by atoms with Gasteiger partial charge < -0.3 is 4.74 Å². The lowest BCUT2D eigenvalue weighted by atomic mass is 10.0. The fourth-order valence-corrected chi connectivity index (χ4v) is 3.30. The van der Waals surface area contributed by atoms with Gasteiger partial charge in [-0.05, 0) is 24.6 Å². The zero-order chi connectivity index (χ0) is 18.2. The van der Waals surface area contributed by atoms with Crippen LogP contribution in [0.4, 0.5) is 0 Å². The van der Waals surface area contributed by atoms with Crippen LogP contribution in [-0.4, -0.2) is 23.1 Å². The summed E-state index contributed by atoms with van der Waals surface area (Å²) in [5.41, 5.74) is 1.91. The van der Waals surface area contributed by atoms with Crippen LogP contribution < -0.4 is 4.72 Å². The van der Waals surface area contributed by atoms with Gasteiger partial charge in [0.2, 0.25) is 0 Å². The molecule has 0 fully saturated rings. The third kappa shape index (κ3) is 5.92. The summed E-state index contributed by atoms with van der Waals surface area (Å²) in [6, 6.07) is 16.2. The van der Waals surface area contributed by atoms with Crippen molar-refractivity contribution >= 4 is 22.7 Å². The van der Waals surface area contributed by atoms with Crippen LogP contribution >= 0.6 is 0 Å². The van der Waals surface area contributed by atoms with E-state index in [4.69, 9.17) is 0 Å². The molecular weight excluding hydrogens is 338 g/mol. The van der Waals surface area contributed by atoms with Crippen molar-refractivity contribution in [1.82, 2.24) is 4.72 Å². The van der Waals surface area contributed by atoms with E-state index in [0.717, 1.165) is 11.1 Å². The quantitative estimate of drug-likeness (QED) is 0.581. The Hall–Kier alpha value is -2.31. The number of carbonyl (C=O) groups excluding carboxylic acids is 2. The number of aryl methyl sites for hydroxylation is 1. The Labute approximate surface area is 150 Å². The Bertz CT molecular complexity index is 744. The highest BCUT2D eigenvalue weighted by Crippen LogP contribution is 2.20. The predicted octanol–water partition coefficient (Wildman–Crippen LogP) is 2.87. The molecule has 6 heteroatoms. The molecule has 0 saturated heterocycles. The molecule has 25 heavy (non-hydrogen) atoms. The van der Waals surface area contributed by atoms with E-state index < -0.39 is 23.0 Å². The van der Waals surface area contributed by atoms with Gasteiger partial charge in [0.15, 0.2) is 0 Å². The third-order valence-corrected chi connectivity index (χ3v) is 4.89. The zero-order valence-corrected chi connectivity index (χ0v) is 15.0. The molecule has 0 radical (unpaired) electrons. The summed E-state index contributed by atoms with van der Waals surface area (Å²) in [6.07, 6.45) is -0.241. The van der Waals surface area contributed by atoms with Gasteiger partial charge in [0, 0.05) is 6.42 Å². The average Bonchev–Trinajstić information content (AvgIpc) is 2.62. The highest BCUT2D eigenvalue weighted by Gasteiger charge is 2.20. The first-order chi connectivity index (χ1) is 12.0. The molecule has 0 saturated carbocycles. The summed E-state index contributed by atoms with van der Waals surface area (Å²) >= 11 is 0. The van der Waals surface area contributed by atoms with Crippen molar-refractivity contribution in [2.24, 2.45) is 0 Å². The van der Waals surface area contributed by atoms with Crippen molar-refractivity contribution < 1.29 is 18.5 Å². The summed E-state index contributed by atoms with van der Waals surface area (Å²) in [5.74, 6) is -0.842. The van der Waals surface area contributed by atoms with Gasteiger partial charge in [0.1, 0.15) is 23.2 Å². The fourth-order valence-electron chi connectivity index (χ4n) is 2.31. The summed E-state index contributed by atoms with van der Waals surface area (Å²) in [5, 5.41) is 0. The van der Waals surface area contributed by atoms with Crippen LogP contribution in [0, 0.1) is 6.92 Å². The molecule has 0 aromatic heterocycles. The molecule has 0 amide bonds. The van der Waals surface area contributed by atoms with Gasteiger partial charge in [0.25, 0.3) is 0 Å². The fraction of sp³-hybridized carbons (Fsp3) is 0.263. The van der Waals surface area contributed by atoms with Gasteiger partial charge in [-0.1, -0.05) is 48.0 Å². The number of Topliss-reactive ketones (excluding diaryl/α,β-unsaturated/α-hetero) is 1. The second-order valence-electron chi connectivity index (χ2n) is 5.66. The molecule has 2 aromatic carbocycles. The number of hydrogen-bond acceptors (Lipinski definition) is 4. The highest BCUT2D eigenvalue weighted by molar-refractivity contribution is 7.83. The second-order valence-corrected chi connectivity index (χ2v) is 6.90. The molecule has 1 unspecified atom stereocenters. The Balaban J connectivity index is 2.14. The summed E-state index contributed by atoms with van der Waals surface area (Å²) in [6.45, 7) is 1.96. The number of benzene rings is 2. The highest BCUT2D eigenvalue weighted by atomic mass is 32.2. The standard InChI is InChI=1S/C19H21NO4S/c1-14-8-10-17(11-9-14)25(23)20-18(15-6-4-3-5-7-15)12-16(21)13-19(22)24-2/h3-11,18,20H,12-13H2,1-2H3/t18-,25?/m1/s1. The molecule has 132 valence electrons. The van der Waals surface area contributed by atoms with Crippen molar-refractivity contribution in [3.05, 3.63) is 65.7 Å². The summed E-state index contributed by atoms with van der Waals surface area (Å²) < 4.78 is 20.1. The Kier molecular flexibility index (Phi) is 7.03. The molecular formula is C19H21NO4S. The normalized spacial score (nSPS) is 13.0. The van der Waals surface area contributed by atoms with Crippen LogP contribution in [0.25, 0.3) is 0 Å². The van der Waals surface area contributed by atoms with Crippen LogP contribution in [0.2, 0.25) is 0 Å². The third-order valence-electron chi connectivity index (χ3n) is 3.69. The van der Waals surface area contributed by atoms with E-state index in [9.17, 15) is 13.8 Å². The van der Waals surface area contributed by atoms with Crippen molar-refractivity contribution in [1.29, 1.82) is 0 Å². The molecule has 2 aromatic rings. The number of nitrogens with one attached hydrogen (secondary N) is 1. The van der Waals surface area contributed by atoms with Gasteiger partial charge in [-0.15, -0.1) is 0 Å². The lowest BCUT2D eigenvalue weighted by molar-refractivity contribution is -0.143. The van der Waals surface area contributed by atoms with Crippen molar-refractivity contribution in [2.45, 2.75) is 30.7 Å². The van der Waals surface area contributed by atoms with Gasteiger partial charge in [0.05, 0.1) is 18.0 Å². The number of carbonyl (C=O) groups is 2. The molecule has 5 nitrogen and oxygen atoms in total. The second kappa shape index (κ2) is 9.25. The molecule has 2 rings (SSSR count). The van der Waals surface area contributed by atoms with E-state index in [1.807, 2.05) is 49.4 Å². The lowest BCUT2D eigenvalue weighted by Crippen LogP contribution is -2.26. The van der Waals surface area contributed by atoms with Crippen molar-refractivity contribution in [2.75, 3.05) is 7.11 Å². The van der Waals surface area contributed by atoms with Gasteiger partial charge >= 0.3 is 5.97 Å². The zero-order valence-electron chi connectivity index (χ0n) is 14.2. The van der Waals surface area contributed by atoms with E-state index >= 15 is 0 Å². The number of hydrogen-bond donors (Lipinski definition) is 1. The lowest BCUT2D eigenvalue weighted by Gasteiger charge is -2.18. The van der Waals surface area contributed by atoms with E-state index in [1.54, 1.807) is 12.1 Å². The number of ether oxygens (including phenoxy) is 1. The maximum absolute atomic E-state index is 12.6. The molecule has 0 bridgehead atoms. The SMILES string of the molecule is COC(=O)CC(=O)C[C@@H](NS(=O)c1ccc(C)cc1)c1ccccc1. The number of ketones is 1. The maximum Gasteiger partial charge on any atom is 0.313 e. The smallest absolute Gasteiger partial charge is 0.313 e. The first kappa shape index (κ1) is 19.0. The van der Waals surface area contributed by atoms with Crippen molar-refractivity contribution in [3.8, 4) is 0 Å². The topological polar surface area (TPSA) is 72.5 Å². The van der Waals surface area contributed by atoms with Crippen LogP contribution in [0.1, 0.15) is 30.0 Å². The van der Waals surface area contributed by atoms with E-state index in [-0.39, 0.29) is 18.6 Å². The van der Waals surface area contributed by atoms with Crippen LogP contribution in [0.3, 0.4) is 0 Å². The molecule has 1 N–H and O–H groups in total. The summed E-state index contributed by atoms with van der Waals surface area (Å²) in [7, 11) is -0.227. The van der Waals surface area contributed by atoms with Crippen molar-refractivity contribution in [3.63, 3.8) is 0 Å².